The fourth-order valence-electron chi connectivity index (χ4n) is 6.81. The fourth-order valence-corrected chi connectivity index (χ4v) is 6.81. The predicted octanol–water partition coefficient (Wildman–Crippen LogP) is 2.81. The number of carboxylic acids is 1. The van der Waals surface area contributed by atoms with Crippen LogP contribution in [0, 0.1) is 25.7 Å². The number of hydrogen-bond acceptors (Lipinski definition) is 3. The number of aromatic nitrogens is 3. The van der Waals surface area contributed by atoms with Crippen molar-refractivity contribution in [3.8, 4) is 0 Å². The molecule has 7 heteroatoms. The molecule has 0 aromatic carbocycles. The van der Waals surface area contributed by atoms with E-state index in [-0.39, 0.29) is 24.3 Å². The number of allylic oxidation sites excluding steroid dienone is 1. The number of aliphatic hydroxyl groups is 1. The number of aromatic amines is 3. The van der Waals surface area contributed by atoms with Crippen LogP contribution >= 0.6 is 0 Å². The molecule has 6 N–H and O–H groups in total. The van der Waals surface area contributed by atoms with Gasteiger partial charge >= 0.3 is 5.97 Å². The molecule has 1 unspecified atom stereocenters. The van der Waals surface area contributed by atoms with Gasteiger partial charge in [-0.25, -0.2) is 0 Å². The van der Waals surface area contributed by atoms with E-state index in [1.54, 1.807) is 0 Å². The molecule has 0 amide bonds. The Morgan fingerprint density at radius 3 is 2.59 bits per heavy atom. The maximum atomic E-state index is 11.6. The summed E-state index contributed by atoms with van der Waals surface area (Å²) in [5.41, 5.74) is 9.55. The van der Waals surface area contributed by atoms with Crippen molar-refractivity contribution in [3.63, 3.8) is 0 Å². The van der Waals surface area contributed by atoms with Gasteiger partial charge in [0.15, 0.2) is 0 Å². The van der Waals surface area contributed by atoms with Crippen molar-refractivity contribution < 1.29 is 15.0 Å². The van der Waals surface area contributed by atoms with Crippen molar-refractivity contribution in [1.82, 2.24) is 20.3 Å². The molecule has 1 saturated heterocycles. The van der Waals surface area contributed by atoms with Crippen LogP contribution in [0.25, 0.3) is 35.6 Å². The Morgan fingerprint density at radius 1 is 1.10 bits per heavy atom. The molecule has 39 heavy (non-hydrogen) atoms. The van der Waals surface area contributed by atoms with Crippen LogP contribution in [-0.2, 0) is 11.2 Å². The SMILES string of the molecule is C=Cc1c2[nH]c(c1C)/C=C1/NC(C3=c4[nH]c(c(C)c4=C(O)C3)/C=c3\[nH]/c(cc3CC)=C\2)[C@@H](CCC(=O)O)[C@@H]1C. The number of H-pyrrole nitrogens is 3. The van der Waals surface area contributed by atoms with Crippen molar-refractivity contribution in [2.45, 2.75) is 59.4 Å². The van der Waals surface area contributed by atoms with Crippen LogP contribution in [0.4, 0.5) is 0 Å². The molecule has 202 valence electrons. The normalized spacial score (nSPS) is 24.4. The van der Waals surface area contributed by atoms with Crippen LogP contribution in [-0.4, -0.2) is 37.2 Å². The number of fused-ring (bicyclic) bond motifs is 8. The van der Waals surface area contributed by atoms with Gasteiger partial charge in [0.2, 0.25) is 0 Å². The van der Waals surface area contributed by atoms with E-state index in [1.807, 2.05) is 13.0 Å². The second-order valence-electron chi connectivity index (χ2n) is 11.2. The maximum Gasteiger partial charge on any atom is 0.303 e. The van der Waals surface area contributed by atoms with Crippen LogP contribution in [0.15, 0.2) is 18.3 Å². The Hall–Kier alpha value is -4.13. The summed E-state index contributed by atoms with van der Waals surface area (Å²) in [6, 6.07) is 2.10. The van der Waals surface area contributed by atoms with Crippen molar-refractivity contribution >= 4 is 41.6 Å². The number of carboxylic acid groups (broad SMARTS) is 1. The third-order valence-electron chi connectivity index (χ3n) is 9.00. The van der Waals surface area contributed by atoms with Crippen LogP contribution < -0.4 is 26.6 Å². The first-order chi connectivity index (χ1) is 18.7. The lowest BCUT2D eigenvalue weighted by atomic mass is 9.83. The molecule has 3 aromatic heterocycles. The van der Waals surface area contributed by atoms with Gasteiger partial charge in [0.05, 0.1) is 11.4 Å². The topological polar surface area (TPSA) is 117 Å². The summed E-state index contributed by atoms with van der Waals surface area (Å²) in [5, 5.41) is 28.3. The quantitative estimate of drug-likeness (QED) is 0.308. The first-order valence-corrected chi connectivity index (χ1v) is 13.8. The molecule has 0 radical (unpaired) electrons. The van der Waals surface area contributed by atoms with E-state index in [2.05, 4.69) is 71.9 Å². The molecule has 6 rings (SSSR count). The summed E-state index contributed by atoms with van der Waals surface area (Å²) in [6.45, 7) is 12.6. The molecule has 1 fully saturated rings. The summed E-state index contributed by atoms with van der Waals surface area (Å²) in [6.07, 6.45) is 10.3. The first-order valence-electron chi connectivity index (χ1n) is 13.8. The predicted molar refractivity (Wildman–Crippen MR) is 155 cm³/mol. The third-order valence-corrected chi connectivity index (χ3v) is 9.00. The lowest BCUT2D eigenvalue weighted by molar-refractivity contribution is -0.137. The van der Waals surface area contributed by atoms with E-state index in [0.717, 1.165) is 72.7 Å². The molecule has 0 spiro atoms. The molecule has 8 bridgehead atoms. The van der Waals surface area contributed by atoms with Gasteiger partial charge in [-0.2, -0.15) is 0 Å². The van der Waals surface area contributed by atoms with E-state index in [9.17, 15) is 15.0 Å². The van der Waals surface area contributed by atoms with Crippen molar-refractivity contribution in [3.05, 3.63) is 78.9 Å². The van der Waals surface area contributed by atoms with Gasteiger partial charge in [-0.1, -0.05) is 26.5 Å². The van der Waals surface area contributed by atoms with E-state index < -0.39 is 5.97 Å². The van der Waals surface area contributed by atoms with Crippen LogP contribution in [0.2, 0.25) is 0 Å². The van der Waals surface area contributed by atoms with Gasteiger partial charge in [-0.05, 0) is 79.2 Å². The average molecular weight is 525 g/mol. The van der Waals surface area contributed by atoms with E-state index in [1.165, 1.54) is 5.56 Å². The second kappa shape index (κ2) is 9.26. The van der Waals surface area contributed by atoms with Gasteiger partial charge in [0, 0.05) is 63.0 Å². The lowest BCUT2D eigenvalue weighted by Gasteiger charge is -2.22. The van der Waals surface area contributed by atoms with Crippen LogP contribution in [0.1, 0.15) is 72.4 Å². The number of hydrogen-bond donors (Lipinski definition) is 6. The number of aryl methyl sites for hydroxylation is 1. The maximum absolute atomic E-state index is 11.6. The molecular formula is C32H36N4O3. The zero-order chi connectivity index (χ0) is 27.6. The summed E-state index contributed by atoms with van der Waals surface area (Å²) in [7, 11) is 0. The monoisotopic (exact) mass is 524 g/mol. The van der Waals surface area contributed by atoms with E-state index in [4.69, 9.17) is 0 Å². The Kier molecular flexibility index (Phi) is 5.97. The number of rotatable bonds is 5. The summed E-state index contributed by atoms with van der Waals surface area (Å²) >= 11 is 0. The average Bonchev–Trinajstić information content (AvgIpc) is 3.66. The summed E-state index contributed by atoms with van der Waals surface area (Å²) in [4.78, 5) is 22.4. The first kappa shape index (κ1) is 25.2. The highest BCUT2D eigenvalue weighted by molar-refractivity contribution is 5.74. The summed E-state index contributed by atoms with van der Waals surface area (Å²) in [5.74, 6) is -0.227. The molecule has 3 aliphatic rings. The molecular weight excluding hydrogens is 488 g/mol. The largest absolute Gasteiger partial charge is 0.511 e. The number of nitrogens with one attached hydrogen (secondary N) is 4. The van der Waals surface area contributed by atoms with Gasteiger partial charge in [0.1, 0.15) is 5.76 Å². The zero-order valence-electron chi connectivity index (χ0n) is 23.0. The highest BCUT2D eigenvalue weighted by atomic mass is 16.4. The third kappa shape index (κ3) is 3.99. The smallest absolute Gasteiger partial charge is 0.303 e. The number of carbonyl (C=O) groups is 1. The molecule has 2 aliphatic heterocycles. The van der Waals surface area contributed by atoms with E-state index >= 15 is 0 Å². The van der Waals surface area contributed by atoms with Crippen molar-refractivity contribution in [2.24, 2.45) is 11.8 Å². The zero-order valence-corrected chi connectivity index (χ0v) is 23.0. The standard InChI is InChI=1S/C32H36N4O3/c1-6-18-10-19-11-27-20(7-2)15(3)23(34-27)13-24-16(4)21(8-9-29(38)39)31(35-24)22-12-28(37)30-17(5)25(36-32(22)30)14-26(18)33-19/h7,10-11,13-14,16,21,31,33-37H,2,6,8-9,12H2,1,3-5H3,(H,38,39)/b19-11-,24-13+,26-14-/t16-,21-,31?/m0/s1. The number of aliphatic carboxylic acids is 1. The Bertz CT molecular complexity index is 1810. The minimum atomic E-state index is -0.788. The molecule has 7 nitrogen and oxygen atoms in total. The minimum Gasteiger partial charge on any atom is -0.511 e. The Morgan fingerprint density at radius 2 is 1.87 bits per heavy atom. The minimum absolute atomic E-state index is 0.0743. The van der Waals surface area contributed by atoms with Gasteiger partial charge in [0.25, 0.3) is 0 Å². The fraction of sp³-hybridized carbons (Fsp3) is 0.344. The van der Waals surface area contributed by atoms with Crippen LogP contribution in [0.3, 0.4) is 0 Å². The van der Waals surface area contributed by atoms with Crippen LogP contribution in [0.5, 0.6) is 0 Å². The number of aliphatic hydroxyl groups excluding tert-OH is 1. The summed E-state index contributed by atoms with van der Waals surface area (Å²) < 4.78 is 0. The van der Waals surface area contributed by atoms with Crippen molar-refractivity contribution in [1.29, 1.82) is 0 Å². The van der Waals surface area contributed by atoms with Gasteiger partial charge in [-0.3, -0.25) is 4.79 Å². The second-order valence-corrected chi connectivity index (χ2v) is 11.2. The molecule has 3 aromatic rings. The highest BCUT2D eigenvalue weighted by Gasteiger charge is 2.40. The van der Waals surface area contributed by atoms with E-state index in [0.29, 0.717) is 18.6 Å². The highest BCUT2D eigenvalue weighted by Crippen LogP contribution is 2.40. The molecule has 1 aliphatic carbocycles. The lowest BCUT2D eigenvalue weighted by Crippen LogP contribution is -2.34. The Labute approximate surface area is 227 Å². The molecule has 5 heterocycles. The Balaban J connectivity index is 1.67. The van der Waals surface area contributed by atoms with Gasteiger partial charge < -0.3 is 30.5 Å². The van der Waals surface area contributed by atoms with Crippen molar-refractivity contribution in [2.75, 3.05) is 0 Å². The van der Waals surface area contributed by atoms with Gasteiger partial charge in [-0.15, -0.1) is 0 Å². The molecule has 3 atom stereocenters. The molecule has 0 saturated carbocycles.